The van der Waals surface area contributed by atoms with Crippen molar-refractivity contribution in [2.75, 3.05) is 38.2 Å². The third-order valence-corrected chi connectivity index (χ3v) is 4.60. The topological polar surface area (TPSA) is 111 Å². The van der Waals surface area contributed by atoms with Gasteiger partial charge < -0.3 is 24.5 Å². The lowest BCUT2D eigenvalue weighted by atomic mass is 10.1. The molecule has 4 rings (SSSR count). The first-order valence-corrected chi connectivity index (χ1v) is 9.61. The van der Waals surface area contributed by atoms with Gasteiger partial charge in [0.05, 0.1) is 18.8 Å². The summed E-state index contributed by atoms with van der Waals surface area (Å²) in [5, 5.41) is 6.06. The van der Waals surface area contributed by atoms with Crippen molar-refractivity contribution in [3.05, 3.63) is 40.7 Å². The zero-order valence-electron chi connectivity index (χ0n) is 16.1. The molecular weight excluding hydrogens is 417 g/mol. The third kappa shape index (κ3) is 4.60. The molecule has 0 radical (unpaired) electrons. The number of nitrogens with zero attached hydrogens (tertiary/aromatic N) is 3. The number of nitrogens with one attached hydrogen (secondary N) is 2. The maximum atomic E-state index is 13.9. The first kappa shape index (κ1) is 20.3. The normalized spacial score (nSPS) is 14.9. The summed E-state index contributed by atoms with van der Waals surface area (Å²) in [4.78, 5) is 24.6. The van der Waals surface area contributed by atoms with Gasteiger partial charge in [-0.3, -0.25) is 4.79 Å². The second-order valence-corrected chi connectivity index (χ2v) is 7.32. The average Bonchev–Trinajstić information content (AvgIpc) is 3.10. The van der Waals surface area contributed by atoms with Gasteiger partial charge in [0.1, 0.15) is 11.8 Å². The molecule has 0 spiro atoms. The van der Waals surface area contributed by atoms with Crippen molar-refractivity contribution in [3.63, 3.8) is 0 Å². The predicted molar refractivity (Wildman–Crippen MR) is 107 cm³/mol. The zero-order valence-corrected chi connectivity index (χ0v) is 16.8. The second-order valence-electron chi connectivity index (χ2n) is 6.94. The van der Waals surface area contributed by atoms with E-state index in [1.165, 1.54) is 6.20 Å². The number of oxazole rings is 1. The molecule has 0 aromatic carbocycles. The highest BCUT2D eigenvalue weighted by atomic mass is 35.5. The molecule has 158 valence electrons. The monoisotopic (exact) mass is 435 g/mol. The van der Waals surface area contributed by atoms with Crippen molar-refractivity contribution in [3.8, 4) is 5.88 Å². The van der Waals surface area contributed by atoms with Crippen LogP contribution in [0.15, 0.2) is 28.8 Å². The summed E-state index contributed by atoms with van der Waals surface area (Å²) in [6, 6.07) is 5.23. The van der Waals surface area contributed by atoms with Crippen molar-refractivity contribution in [1.82, 2.24) is 20.3 Å². The number of hydrogen-bond acceptors (Lipinski definition) is 8. The Hall–Kier alpha value is -2.98. The molecule has 0 saturated carbocycles. The highest BCUT2D eigenvalue weighted by Gasteiger charge is 2.40. The number of aromatic nitrogens is 3. The zero-order chi connectivity index (χ0) is 21.1. The van der Waals surface area contributed by atoms with E-state index in [0.717, 1.165) is 0 Å². The fourth-order valence-electron chi connectivity index (χ4n) is 2.76. The van der Waals surface area contributed by atoms with Crippen LogP contribution in [0, 0.1) is 6.92 Å². The van der Waals surface area contributed by atoms with Crippen molar-refractivity contribution >= 4 is 34.8 Å². The Morgan fingerprint density at radius 2 is 2.17 bits per heavy atom. The van der Waals surface area contributed by atoms with E-state index in [2.05, 4.69) is 25.6 Å². The molecular formula is C19H19ClFN5O4. The fraction of sp³-hybridized carbons (Fsp3) is 0.368. The summed E-state index contributed by atoms with van der Waals surface area (Å²) in [6.45, 7) is 2.38. The van der Waals surface area contributed by atoms with Crippen molar-refractivity contribution in [2.24, 2.45) is 0 Å². The van der Waals surface area contributed by atoms with Gasteiger partial charge in [0.2, 0.25) is 11.5 Å². The molecule has 2 N–H and O–H groups in total. The number of rotatable bonds is 8. The number of halogens is 2. The largest absolute Gasteiger partial charge is 0.474 e. The van der Waals surface area contributed by atoms with Gasteiger partial charge in [-0.1, -0.05) is 11.6 Å². The van der Waals surface area contributed by atoms with E-state index in [1.807, 2.05) is 0 Å². The molecule has 1 aliphatic heterocycles. The van der Waals surface area contributed by atoms with Crippen molar-refractivity contribution in [2.45, 2.75) is 12.6 Å². The first-order valence-electron chi connectivity index (χ1n) is 9.23. The van der Waals surface area contributed by atoms with Gasteiger partial charge >= 0.3 is 0 Å². The van der Waals surface area contributed by atoms with E-state index in [-0.39, 0.29) is 31.7 Å². The molecule has 9 nitrogen and oxygen atoms in total. The van der Waals surface area contributed by atoms with Gasteiger partial charge in [-0.2, -0.15) is 4.98 Å². The van der Waals surface area contributed by atoms with Crippen LogP contribution in [-0.4, -0.2) is 59.4 Å². The molecule has 1 fully saturated rings. The number of amides is 1. The van der Waals surface area contributed by atoms with Gasteiger partial charge in [0.15, 0.2) is 11.3 Å². The molecule has 0 aliphatic carbocycles. The lowest BCUT2D eigenvalue weighted by Crippen LogP contribution is -2.50. The van der Waals surface area contributed by atoms with Crippen LogP contribution < -0.4 is 15.4 Å². The van der Waals surface area contributed by atoms with Crippen LogP contribution in [0.4, 0.5) is 10.4 Å². The minimum Gasteiger partial charge on any atom is -0.474 e. The SMILES string of the molecule is Cc1cc(C(=O)NCCNc2nc3nc(Cl)ccc3o2)cnc1OCC1(F)COC1. The molecule has 0 unspecified atom stereocenters. The molecule has 0 atom stereocenters. The highest BCUT2D eigenvalue weighted by Crippen LogP contribution is 2.24. The van der Waals surface area contributed by atoms with Gasteiger partial charge in [-0.15, -0.1) is 0 Å². The minimum atomic E-state index is -1.46. The summed E-state index contributed by atoms with van der Waals surface area (Å²) in [6.07, 6.45) is 1.39. The standard InChI is InChI=1S/C19H19ClFN5O4/c1-11-6-12(7-24-17(11)29-10-19(21)8-28-9-19)16(27)22-4-5-23-18-26-15-13(30-18)2-3-14(20)25-15/h2-3,6-7H,4-5,8-10H2,1H3,(H,22,27)(H,23,25,26). The number of alkyl halides is 1. The van der Waals surface area contributed by atoms with Gasteiger partial charge in [0, 0.05) is 24.8 Å². The van der Waals surface area contributed by atoms with E-state index >= 15 is 0 Å². The second kappa shape index (κ2) is 8.41. The summed E-state index contributed by atoms with van der Waals surface area (Å²) in [5.41, 5.74) is 0.471. The van der Waals surface area contributed by atoms with E-state index in [1.54, 1.807) is 25.1 Å². The lowest BCUT2D eigenvalue weighted by Gasteiger charge is -2.33. The Bertz CT molecular complexity index is 1070. The minimum absolute atomic E-state index is 0.0222. The number of hydrogen-bond donors (Lipinski definition) is 2. The number of carbonyl (C=O) groups is 1. The van der Waals surface area contributed by atoms with E-state index < -0.39 is 5.67 Å². The number of ether oxygens (including phenoxy) is 2. The smallest absolute Gasteiger partial charge is 0.297 e. The molecule has 1 saturated heterocycles. The Morgan fingerprint density at radius 3 is 2.90 bits per heavy atom. The Kier molecular flexibility index (Phi) is 5.69. The summed E-state index contributed by atoms with van der Waals surface area (Å²) < 4.78 is 29.7. The average molecular weight is 436 g/mol. The number of carbonyl (C=O) groups excluding carboxylic acids is 1. The summed E-state index contributed by atoms with van der Waals surface area (Å²) in [7, 11) is 0. The third-order valence-electron chi connectivity index (χ3n) is 4.39. The maximum absolute atomic E-state index is 13.9. The highest BCUT2D eigenvalue weighted by molar-refractivity contribution is 6.29. The van der Waals surface area contributed by atoms with E-state index in [0.29, 0.717) is 46.5 Å². The van der Waals surface area contributed by atoms with Gasteiger partial charge in [0.25, 0.3) is 11.9 Å². The van der Waals surface area contributed by atoms with Gasteiger partial charge in [-0.05, 0) is 25.1 Å². The number of pyridine rings is 2. The van der Waals surface area contributed by atoms with Crippen LogP contribution in [0.1, 0.15) is 15.9 Å². The van der Waals surface area contributed by atoms with Crippen LogP contribution in [-0.2, 0) is 4.74 Å². The van der Waals surface area contributed by atoms with Crippen LogP contribution in [0.3, 0.4) is 0 Å². The number of anilines is 1. The van der Waals surface area contributed by atoms with Crippen LogP contribution in [0.5, 0.6) is 5.88 Å². The molecule has 11 heteroatoms. The number of fused-ring (bicyclic) bond motifs is 1. The molecule has 4 heterocycles. The number of aryl methyl sites for hydroxylation is 1. The van der Waals surface area contributed by atoms with E-state index in [4.69, 9.17) is 25.5 Å². The van der Waals surface area contributed by atoms with Crippen LogP contribution in [0.25, 0.3) is 11.2 Å². The van der Waals surface area contributed by atoms with Gasteiger partial charge in [-0.25, -0.2) is 14.4 Å². The Morgan fingerprint density at radius 1 is 1.33 bits per heavy atom. The Balaban J connectivity index is 1.25. The first-order chi connectivity index (χ1) is 14.4. The van der Waals surface area contributed by atoms with Crippen LogP contribution >= 0.6 is 11.6 Å². The molecule has 3 aromatic heterocycles. The quantitative estimate of drug-likeness (QED) is 0.410. The fourth-order valence-corrected chi connectivity index (χ4v) is 2.90. The molecule has 1 aliphatic rings. The van der Waals surface area contributed by atoms with Crippen LogP contribution in [0.2, 0.25) is 5.15 Å². The predicted octanol–water partition coefficient (Wildman–Crippen LogP) is 2.54. The molecule has 3 aromatic rings. The molecule has 1 amide bonds. The van der Waals surface area contributed by atoms with E-state index in [9.17, 15) is 9.18 Å². The Labute approximate surface area is 175 Å². The lowest BCUT2D eigenvalue weighted by molar-refractivity contribution is -0.146. The maximum Gasteiger partial charge on any atom is 0.297 e. The van der Waals surface area contributed by atoms with Crippen molar-refractivity contribution < 1.29 is 23.1 Å². The summed E-state index contributed by atoms with van der Waals surface area (Å²) in [5.74, 6) is 0.00105. The molecule has 0 bridgehead atoms. The summed E-state index contributed by atoms with van der Waals surface area (Å²) >= 11 is 5.82. The molecule has 30 heavy (non-hydrogen) atoms. The van der Waals surface area contributed by atoms with Crippen molar-refractivity contribution in [1.29, 1.82) is 0 Å².